The van der Waals surface area contributed by atoms with E-state index in [1.807, 2.05) is 0 Å². The molecule has 0 fully saturated rings. The Balaban J connectivity index is 3.12. The van der Waals surface area contributed by atoms with E-state index in [2.05, 4.69) is 0 Å². The summed E-state index contributed by atoms with van der Waals surface area (Å²) >= 11 is 0. The van der Waals surface area contributed by atoms with Crippen LogP contribution in [0.2, 0.25) is 0 Å². The highest BCUT2D eigenvalue weighted by atomic mass is 19.3. The van der Waals surface area contributed by atoms with Gasteiger partial charge in [-0.1, -0.05) is 0 Å². The predicted octanol–water partition coefficient (Wildman–Crippen LogP) is 2.14. The zero-order chi connectivity index (χ0) is 12.2. The van der Waals surface area contributed by atoms with Gasteiger partial charge >= 0.3 is 0 Å². The van der Waals surface area contributed by atoms with Crippen molar-refractivity contribution in [2.45, 2.75) is 12.3 Å². The number of rotatable bonds is 5. The Morgan fingerprint density at radius 1 is 1.25 bits per heavy atom. The predicted molar refractivity (Wildman–Crippen MR) is 57.1 cm³/mol. The summed E-state index contributed by atoms with van der Waals surface area (Å²) in [6.07, 6.45) is -0.407. The standard InChI is InChI=1S/C11H15F2NO2/c1-15-8-3-4-9(10(7-8)16-2)11(12,13)5-6-14/h3-4,7H,5-6,14H2,1-2H3. The molecule has 0 spiro atoms. The van der Waals surface area contributed by atoms with Crippen molar-refractivity contribution in [3.8, 4) is 11.5 Å². The maximum atomic E-state index is 13.6. The molecule has 90 valence electrons. The van der Waals surface area contributed by atoms with E-state index in [9.17, 15) is 8.78 Å². The van der Waals surface area contributed by atoms with E-state index in [1.54, 1.807) is 0 Å². The van der Waals surface area contributed by atoms with Crippen LogP contribution in [0.1, 0.15) is 12.0 Å². The van der Waals surface area contributed by atoms with Crippen LogP contribution < -0.4 is 15.2 Å². The van der Waals surface area contributed by atoms with E-state index in [1.165, 1.54) is 32.4 Å². The number of ether oxygens (including phenoxy) is 2. The first-order chi connectivity index (χ1) is 7.55. The molecule has 1 aromatic carbocycles. The molecule has 0 saturated carbocycles. The fraction of sp³-hybridized carbons (Fsp3) is 0.455. The van der Waals surface area contributed by atoms with Crippen molar-refractivity contribution in [1.82, 2.24) is 0 Å². The van der Waals surface area contributed by atoms with E-state index >= 15 is 0 Å². The minimum absolute atomic E-state index is 0.0812. The third kappa shape index (κ3) is 2.61. The van der Waals surface area contributed by atoms with Crippen molar-refractivity contribution in [2.75, 3.05) is 20.8 Å². The number of alkyl halides is 2. The smallest absolute Gasteiger partial charge is 0.278 e. The lowest BCUT2D eigenvalue weighted by atomic mass is 10.0. The van der Waals surface area contributed by atoms with Gasteiger partial charge in [-0.2, -0.15) is 0 Å². The summed E-state index contributed by atoms with van der Waals surface area (Å²) in [5, 5.41) is 0. The van der Waals surface area contributed by atoms with Crippen molar-refractivity contribution in [2.24, 2.45) is 5.73 Å². The average molecular weight is 231 g/mol. The van der Waals surface area contributed by atoms with Gasteiger partial charge in [-0.25, -0.2) is 8.78 Å². The van der Waals surface area contributed by atoms with Crippen LogP contribution in [0.5, 0.6) is 11.5 Å². The monoisotopic (exact) mass is 231 g/mol. The van der Waals surface area contributed by atoms with Gasteiger partial charge in [0.2, 0.25) is 0 Å². The van der Waals surface area contributed by atoms with Gasteiger partial charge in [0.1, 0.15) is 11.5 Å². The highest BCUT2D eigenvalue weighted by Gasteiger charge is 2.33. The van der Waals surface area contributed by atoms with Gasteiger partial charge in [0, 0.05) is 12.5 Å². The first-order valence-electron chi connectivity index (χ1n) is 4.85. The summed E-state index contributed by atoms with van der Waals surface area (Å²) in [6.45, 7) is -0.0812. The van der Waals surface area contributed by atoms with Gasteiger partial charge in [-0.3, -0.25) is 0 Å². The second-order valence-electron chi connectivity index (χ2n) is 3.31. The van der Waals surface area contributed by atoms with Gasteiger partial charge < -0.3 is 15.2 Å². The van der Waals surface area contributed by atoms with Crippen LogP contribution in [-0.2, 0) is 5.92 Å². The van der Waals surface area contributed by atoms with Crippen LogP contribution >= 0.6 is 0 Å². The summed E-state index contributed by atoms with van der Waals surface area (Å²) in [5.41, 5.74) is 4.99. The molecule has 5 heteroatoms. The fourth-order valence-corrected chi connectivity index (χ4v) is 1.42. The lowest BCUT2D eigenvalue weighted by Gasteiger charge is -2.19. The van der Waals surface area contributed by atoms with E-state index in [4.69, 9.17) is 15.2 Å². The Bertz CT molecular complexity index is 356. The van der Waals surface area contributed by atoms with Crippen molar-refractivity contribution >= 4 is 0 Å². The van der Waals surface area contributed by atoms with Crippen molar-refractivity contribution in [3.63, 3.8) is 0 Å². The van der Waals surface area contributed by atoms with Crippen molar-refractivity contribution in [1.29, 1.82) is 0 Å². The van der Waals surface area contributed by atoms with E-state index in [-0.39, 0.29) is 17.9 Å². The molecule has 0 aromatic heterocycles. The van der Waals surface area contributed by atoms with Crippen LogP contribution in [0, 0.1) is 0 Å². The van der Waals surface area contributed by atoms with Crippen LogP contribution in [0.4, 0.5) is 8.78 Å². The Hall–Kier alpha value is -1.36. The summed E-state index contributed by atoms with van der Waals surface area (Å²) in [6, 6.07) is 4.20. The molecule has 0 heterocycles. The molecule has 0 aliphatic rings. The number of hydrogen-bond acceptors (Lipinski definition) is 3. The highest BCUT2D eigenvalue weighted by Crippen LogP contribution is 2.38. The van der Waals surface area contributed by atoms with E-state index < -0.39 is 12.3 Å². The second-order valence-corrected chi connectivity index (χ2v) is 3.31. The molecule has 2 N–H and O–H groups in total. The molecule has 16 heavy (non-hydrogen) atoms. The molecule has 1 rings (SSSR count). The number of halogens is 2. The molecule has 0 aliphatic heterocycles. The Morgan fingerprint density at radius 2 is 1.94 bits per heavy atom. The summed E-state index contributed by atoms with van der Waals surface area (Å²) in [7, 11) is 2.81. The highest BCUT2D eigenvalue weighted by molar-refractivity contribution is 5.43. The minimum Gasteiger partial charge on any atom is -0.497 e. The summed E-state index contributed by atoms with van der Waals surface area (Å²) in [4.78, 5) is 0. The van der Waals surface area contributed by atoms with Crippen LogP contribution in [-0.4, -0.2) is 20.8 Å². The Kier molecular flexibility index (Phi) is 4.06. The summed E-state index contributed by atoms with van der Waals surface area (Å²) in [5.74, 6) is -2.39. The lowest BCUT2D eigenvalue weighted by molar-refractivity contribution is -0.0128. The number of nitrogens with two attached hydrogens (primary N) is 1. The van der Waals surface area contributed by atoms with Gasteiger partial charge in [0.15, 0.2) is 0 Å². The van der Waals surface area contributed by atoms with E-state index in [0.717, 1.165) is 0 Å². The summed E-state index contributed by atoms with van der Waals surface area (Å²) < 4.78 is 37.1. The quantitative estimate of drug-likeness (QED) is 0.844. The van der Waals surface area contributed by atoms with Gasteiger partial charge in [0.05, 0.1) is 19.8 Å². The zero-order valence-corrected chi connectivity index (χ0v) is 9.30. The average Bonchev–Trinajstić information content (AvgIpc) is 2.28. The molecule has 0 amide bonds. The minimum atomic E-state index is -2.98. The van der Waals surface area contributed by atoms with Crippen molar-refractivity contribution < 1.29 is 18.3 Å². The van der Waals surface area contributed by atoms with E-state index in [0.29, 0.717) is 5.75 Å². The van der Waals surface area contributed by atoms with Crippen LogP contribution in [0.3, 0.4) is 0 Å². The largest absolute Gasteiger partial charge is 0.497 e. The molecule has 0 aliphatic carbocycles. The first-order valence-corrected chi connectivity index (χ1v) is 4.85. The molecule has 0 bridgehead atoms. The lowest BCUT2D eigenvalue weighted by Crippen LogP contribution is -2.19. The molecule has 0 radical (unpaired) electrons. The maximum Gasteiger partial charge on any atom is 0.278 e. The Labute approximate surface area is 93.2 Å². The first kappa shape index (κ1) is 12.7. The van der Waals surface area contributed by atoms with Crippen LogP contribution in [0.15, 0.2) is 18.2 Å². The van der Waals surface area contributed by atoms with Gasteiger partial charge in [-0.05, 0) is 18.7 Å². The zero-order valence-electron chi connectivity index (χ0n) is 9.30. The number of methoxy groups -OCH3 is 2. The molecular weight excluding hydrogens is 216 g/mol. The second kappa shape index (κ2) is 5.12. The van der Waals surface area contributed by atoms with Gasteiger partial charge in [-0.15, -0.1) is 0 Å². The molecule has 0 unspecified atom stereocenters. The fourth-order valence-electron chi connectivity index (χ4n) is 1.42. The topological polar surface area (TPSA) is 44.5 Å². The van der Waals surface area contributed by atoms with Gasteiger partial charge in [0.25, 0.3) is 5.92 Å². The Morgan fingerprint density at radius 3 is 2.44 bits per heavy atom. The third-order valence-corrected chi connectivity index (χ3v) is 2.26. The maximum absolute atomic E-state index is 13.6. The molecular formula is C11H15F2NO2. The molecule has 0 saturated heterocycles. The SMILES string of the molecule is COc1ccc(C(F)(F)CCN)c(OC)c1. The molecule has 1 aromatic rings. The third-order valence-electron chi connectivity index (χ3n) is 2.26. The molecule has 3 nitrogen and oxygen atoms in total. The van der Waals surface area contributed by atoms with Crippen molar-refractivity contribution in [3.05, 3.63) is 23.8 Å². The number of hydrogen-bond donors (Lipinski definition) is 1. The normalized spacial score (nSPS) is 11.3. The van der Waals surface area contributed by atoms with Crippen LogP contribution in [0.25, 0.3) is 0 Å². The molecule has 0 atom stereocenters. The number of benzene rings is 1.